The van der Waals surface area contributed by atoms with Crippen LogP contribution in [0.5, 0.6) is 5.75 Å². The van der Waals surface area contributed by atoms with E-state index in [1.54, 1.807) is 6.08 Å². The van der Waals surface area contributed by atoms with Crippen molar-refractivity contribution >= 4 is 17.7 Å². The Morgan fingerprint density at radius 3 is 3.16 bits per heavy atom. The van der Waals surface area contributed by atoms with Crippen LogP contribution in [0.3, 0.4) is 0 Å². The molecule has 0 amide bonds. The van der Waals surface area contributed by atoms with Gasteiger partial charge in [-0.05, 0) is 23.8 Å². The summed E-state index contributed by atoms with van der Waals surface area (Å²) in [5.74, 6) is 0.345. The minimum absolute atomic E-state index is 0.0485. The first-order valence-corrected chi connectivity index (χ1v) is 6.00. The zero-order chi connectivity index (χ0) is 13.2. The number of anilines is 1. The lowest BCUT2D eigenvalue weighted by molar-refractivity contribution is -0.142. The van der Waals surface area contributed by atoms with Gasteiger partial charge in [0.15, 0.2) is 6.73 Å². The molecule has 0 saturated heterocycles. The highest BCUT2D eigenvalue weighted by atomic mass is 16.5. The maximum absolute atomic E-state index is 11.1. The standard InChI is InChI=1S/C14H13NO4/c16-10-6-11(19-14(17)7-10)3-1-9-2-4-12-13(5-9)18-8-15-12/h1-5,7,11,15-16H,6,8H2/b3-1+. The first kappa shape index (κ1) is 11.6. The van der Waals surface area contributed by atoms with Crippen LogP contribution in [0.1, 0.15) is 12.0 Å². The number of aliphatic hydroxyl groups excluding tert-OH is 1. The molecular formula is C14H13NO4. The van der Waals surface area contributed by atoms with E-state index in [9.17, 15) is 9.90 Å². The number of hydrogen-bond donors (Lipinski definition) is 2. The number of esters is 1. The molecule has 1 atom stereocenters. The Labute approximate surface area is 110 Å². The molecule has 0 bridgehead atoms. The van der Waals surface area contributed by atoms with Gasteiger partial charge in [0.05, 0.1) is 11.8 Å². The second-order valence-electron chi connectivity index (χ2n) is 4.40. The number of carbonyl (C=O) groups is 1. The van der Waals surface area contributed by atoms with Crippen molar-refractivity contribution in [2.24, 2.45) is 0 Å². The van der Waals surface area contributed by atoms with Crippen molar-refractivity contribution in [3.05, 3.63) is 41.7 Å². The van der Waals surface area contributed by atoms with Crippen molar-refractivity contribution in [1.82, 2.24) is 0 Å². The third-order valence-electron chi connectivity index (χ3n) is 2.96. The fourth-order valence-corrected chi connectivity index (χ4v) is 2.05. The Hall–Kier alpha value is -2.43. The average molecular weight is 259 g/mol. The van der Waals surface area contributed by atoms with E-state index in [-0.39, 0.29) is 5.76 Å². The summed E-state index contributed by atoms with van der Waals surface area (Å²) in [6.07, 6.45) is 4.58. The Morgan fingerprint density at radius 1 is 1.42 bits per heavy atom. The van der Waals surface area contributed by atoms with E-state index in [2.05, 4.69) is 5.32 Å². The number of rotatable bonds is 2. The van der Waals surface area contributed by atoms with Crippen molar-refractivity contribution in [3.8, 4) is 5.75 Å². The number of ether oxygens (including phenoxy) is 2. The molecule has 3 rings (SSSR count). The quantitative estimate of drug-likeness (QED) is 0.797. The SMILES string of the molecule is O=C1C=C(O)CC(/C=C/c2ccc3c(c2)OCN3)O1. The van der Waals surface area contributed by atoms with Gasteiger partial charge in [0.2, 0.25) is 0 Å². The van der Waals surface area contributed by atoms with E-state index < -0.39 is 12.1 Å². The van der Waals surface area contributed by atoms with Crippen LogP contribution >= 0.6 is 0 Å². The second kappa shape index (κ2) is 4.68. The molecular weight excluding hydrogens is 246 g/mol. The zero-order valence-electron chi connectivity index (χ0n) is 10.1. The van der Waals surface area contributed by atoms with Crippen molar-refractivity contribution in [1.29, 1.82) is 0 Å². The summed E-state index contributed by atoms with van der Waals surface area (Å²) >= 11 is 0. The first-order chi connectivity index (χ1) is 9.20. The largest absolute Gasteiger partial charge is 0.512 e. The van der Waals surface area contributed by atoms with Crippen LogP contribution in [-0.2, 0) is 9.53 Å². The summed E-state index contributed by atoms with van der Waals surface area (Å²) in [5.41, 5.74) is 1.93. The normalized spacial score (nSPS) is 21.4. The molecule has 0 saturated carbocycles. The highest BCUT2D eigenvalue weighted by Crippen LogP contribution is 2.30. The molecule has 1 aromatic rings. The number of fused-ring (bicyclic) bond motifs is 1. The number of nitrogens with one attached hydrogen (secondary N) is 1. The summed E-state index contributed by atoms with van der Waals surface area (Å²) < 4.78 is 10.5. The topological polar surface area (TPSA) is 67.8 Å². The Morgan fingerprint density at radius 2 is 2.32 bits per heavy atom. The van der Waals surface area contributed by atoms with Gasteiger partial charge in [-0.1, -0.05) is 12.1 Å². The van der Waals surface area contributed by atoms with Crippen LogP contribution in [0, 0.1) is 0 Å². The molecule has 2 heterocycles. The highest BCUT2D eigenvalue weighted by Gasteiger charge is 2.18. The predicted octanol–water partition coefficient (Wildman–Crippen LogP) is 2.22. The third kappa shape index (κ3) is 2.54. The van der Waals surface area contributed by atoms with Crippen molar-refractivity contribution in [2.75, 3.05) is 12.0 Å². The lowest BCUT2D eigenvalue weighted by Crippen LogP contribution is -2.20. The van der Waals surface area contributed by atoms with Gasteiger partial charge in [-0.15, -0.1) is 0 Å². The number of carbonyl (C=O) groups excluding carboxylic acids is 1. The Balaban J connectivity index is 1.73. The maximum Gasteiger partial charge on any atom is 0.334 e. The molecule has 0 radical (unpaired) electrons. The molecule has 0 aliphatic carbocycles. The molecule has 2 aliphatic heterocycles. The van der Waals surface area contributed by atoms with Crippen molar-refractivity contribution in [2.45, 2.75) is 12.5 Å². The smallest absolute Gasteiger partial charge is 0.334 e. The minimum Gasteiger partial charge on any atom is -0.512 e. The van der Waals surface area contributed by atoms with E-state index in [1.807, 2.05) is 24.3 Å². The molecule has 0 fully saturated rings. The molecule has 0 aromatic heterocycles. The van der Waals surface area contributed by atoms with E-state index in [0.717, 1.165) is 23.1 Å². The first-order valence-electron chi connectivity index (χ1n) is 6.00. The molecule has 1 aromatic carbocycles. The summed E-state index contributed by atoms with van der Waals surface area (Å²) in [5, 5.41) is 12.5. The number of cyclic esters (lactones) is 1. The fraction of sp³-hybridized carbons (Fsp3) is 0.214. The van der Waals surface area contributed by atoms with E-state index in [1.165, 1.54) is 0 Å². The Kier molecular flexibility index (Phi) is 2.87. The summed E-state index contributed by atoms with van der Waals surface area (Å²) in [4.78, 5) is 11.1. The van der Waals surface area contributed by atoms with Crippen LogP contribution in [0.15, 0.2) is 36.1 Å². The van der Waals surface area contributed by atoms with Crippen LogP contribution in [0.4, 0.5) is 5.69 Å². The predicted molar refractivity (Wildman–Crippen MR) is 69.8 cm³/mol. The van der Waals surface area contributed by atoms with E-state index in [4.69, 9.17) is 9.47 Å². The van der Waals surface area contributed by atoms with Gasteiger partial charge < -0.3 is 19.9 Å². The second-order valence-corrected chi connectivity index (χ2v) is 4.40. The summed E-state index contributed by atoms with van der Waals surface area (Å²) in [6.45, 7) is 0.488. The summed E-state index contributed by atoms with van der Waals surface area (Å²) in [6, 6.07) is 5.79. The molecule has 5 nitrogen and oxygen atoms in total. The molecule has 98 valence electrons. The van der Waals surface area contributed by atoms with Crippen molar-refractivity contribution in [3.63, 3.8) is 0 Å². The fourth-order valence-electron chi connectivity index (χ4n) is 2.05. The molecule has 19 heavy (non-hydrogen) atoms. The molecule has 0 spiro atoms. The minimum atomic E-state index is -0.514. The Bertz CT molecular complexity index is 577. The van der Waals surface area contributed by atoms with Crippen LogP contribution < -0.4 is 10.1 Å². The van der Waals surface area contributed by atoms with E-state index in [0.29, 0.717) is 13.2 Å². The number of hydrogen-bond acceptors (Lipinski definition) is 5. The zero-order valence-corrected chi connectivity index (χ0v) is 10.1. The molecule has 2 N–H and O–H groups in total. The van der Waals surface area contributed by atoms with Gasteiger partial charge in [-0.25, -0.2) is 4.79 Å². The van der Waals surface area contributed by atoms with Gasteiger partial charge in [0.1, 0.15) is 17.6 Å². The van der Waals surface area contributed by atoms with Gasteiger partial charge >= 0.3 is 5.97 Å². The third-order valence-corrected chi connectivity index (χ3v) is 2.96. The van der Waals surface area contributed by atoms with Gasteiger partial charge in [-0.3, -0.25) is 0 Å². The van der Waals surface area contributed by atoms with Crippen LogP contribution in [0.25, 0.3) is 6.08 Å². The van der Waals surface area contributed by atoms with E-state index >= 15 is 0 Å². The van der Waals surface area contributed by atoms with Crippen LogP contribution in [-0.4, -0.2) is 23.9 Å². The molecule has 2 aliphatic rings. The summed E-state index contributed by atoms with van der Waals surface area (Å²) in [7, 11) is 0. The average Bonchev–Trinajstić information content (AvgIpc) is 2.82. The lowest BCUT2D eigenvalue weighted by Gasteiger charge is -2.17. The number of benzene rings is 1. The highest BCUT2D eigenvalue weighted by molar-refractivity contribution is 5.83. The maximum atomic E-state index is 11.1. The van der Waals surface area contributed by atoms with Gasteiger partial charge in [-0.2, -0.15) is 0 Å². The lowest BCUT2D eigenvalue weighted by atomic mass is 10.1. The molecule has 1 unspecified atom stereocenters. The van der Waals surface area contributed by atoms with Gasteiger partial charge in [0, 0.05) is 6.42 Å². The van der Waals surface area contributed by atoms with Gasteiger partial charge in [0.25, 0.3) is 0 Å². The molecule has 5 heteroatoms. The number of aliphatic hydroxyl groups is 1. The van der Waals surface area contributed by atoms with Crippen molar-refractivity contribution < 1.29 is 19.4 Å². The monoisotopic (exact) mass is 259 g/mol. The van der Waals surface area contributed by atoms with Crippen LogP contribution in [0.2, 0.25) is 0 Å².